The van der Waals surface area contributed by atoms with Crippen LogP contribution in [0, 0.1) is 12.7 Å². The highest BCUT2D eigenvalue weighted by Crippen LogP contribution is 2.25. The lowest BCUT2D eigenvalue weighted by Gasteiger charge is -2.36. The molecule has 0 bridgehead atoms. The average molecular weight is 440 g/mol. The molecule has 1 saturated heterocycles. The maximum Gasteiger partial charge on any atom is 0.233 e. The van der Waals surface area contributed by atoms with Crippen LogP contribution < -0.4 is 4.90 Å². The summed E-state index contributed by atoms with van der Waals surface area (Å²) in [5.41, 5.74) is 3.19. The smallest absolute Gasteiger partial charge is 0.233 e. The second-order valence-corrected chi connectivity index (χ2v) is 8.50. The van der Waals surface area contributed by atoms with Crippen LogP contribution in [0.2, 0.25) is 0 Å². The fourth-order valence-corrected chi connectivity index (χ4v) is 4.67. The molecule has 0 spiro atoms. The SMILES string of the molecule is CCn1c(SCC(=O)N2CCN(c3ccc(F)cc3)CC2)nnc1-c1cccc(C)c1. The molecule has 8 heteroatoms. The fraction of sp³-hybridized carbons (Fsp3) is 0.348. The Labute approximate surface area is 186 Å². The Hall–Kier alpha value is -2.87. The van der Waals surface area contributed by atoms with E-state index in [0.29, 0.717) is 18.8 Å². The van der Waals surface area contributed by atoms with E-state index in [-0.39, 0.29) is 11.7 Å². The lowest BCUT2D eigenvalue weighted by atomic mass is 10.1. The molecule has 2 heterocycles. The fourth-order valence-electron chi connectivity index (χ4n) is 3.76. The molecule has 0 radical (unpaired) electrons. The van der Waals surface area contributed by atoms with Gasteiger partial charge in [-0.2, -0.15) is 0 Å². The van der Waals surface area contributed by atoms with Gasteiger partial charge in [0.1, 0.15) is 5.82 Å². The maximum absolute atomic E-state index is 13.1. The Balaban J connectivity index is 1.35. The number of hydrogen-bond donors (Lipinski definition) is 0. The molecule has 1 fully saturated rings. The molecule has 6 nitrogen and oxygen atoms in total. The second-order valence-electron chi connectivity index (χ2n) is 7.55. The molecule has 1 aliphatic heterocycles. The van der Waals surface area contributed by atoms with Gasteiger partial charge in [-0.25, -0.2) is 4.39 Å². The molecule has 0 unspecified atom stereocenters. The predicted molar refractivity (Wildman–Crippen MR) is 122 cm³/mol. The number of carbonyl (C=O) groups is 1. The molecule has 1 aromatic heterocycles. The van der Waals surface area contributed by atoms with Crippen molar-refractivity contribution in [3.63, 3.8) is 0 Å². The van der Waals surface area contributed by atoms with Gasteiger partial charge in [0.25, 0.3) is 0 Å². The van der Waals surface area contributed by atoms with Crippen LogP contribution in [-0.2, 0) is 11.3 Å². The van der Waals surface area contributed by atoms with Crippen molar-refractivity contribution < 1.29 is 9.18 Å². The van der Waals surface area contributed by atoms with Gasteiger partial charge < -0.3 is 14.4 Å². The maximum atomic E-state index is 13.1. The monoisotopic (exact) mass is 439 g/mol. The van der Waals surface area contributed by atoms with E-state index in [4.69, 9.17) is 0 Å². The number of halogens is 1. The number of amides is 1. The number of rotatable bonds is 6. The third-order valence-electron chi connectivity index (χ3n) is 5.46. The van der Waals surface area contributed by atoms with Gasteiger partial charge in [0, 0.05) is 44.0 Å². The van der Waals surface area contributed by atoms with E-state index >= 15 is 0 Å². The Morgan fingerprint density at radius 1 is 1.06 bits per heavy atom. The number of aromatic nitrogens is 3. The number of anilines is 1. The van der Waals surface area contributed by atoms with Crippen molar-refractivity contribution in [2.75, 3.05) is 36.8 Å². The van der Waals surface area contributed by atoms with Crippen LogP contribution in [0.5, 0.6) is 0 Å². The summed E-state index contributed by atoms with van der Waals surface area (Å²) in [6.45, 7) is 7.65. The van der Waals surface area contributed by atoms with Crippen molar-refractivity contribution in [3.05, 3.63) is 59.9 Å². The van der Waals surface area contributed by atoms with Crippen LogP contribution >= 0.6 is 11.8 Å². The first kappa shape index (κ1) is 21.4. The lowest BCUT2D eigenvalue weighted by Crippen LogP contribution is -2.49. The molecular weight excluding hydrogens is 413 g/mol. The van der Waals surface area contributed by atoms with Gasteiger partial charge >= 0.3 is 0 Å². The average Bonchev–Trinajstić information content (AvgIpc) is 3.21. The van der Waals surface area contributed by atoms with Crippen LogP contribution in [0.25, 0.3) is 11.4 Å². The van der Waals surface area contributed by atoms with E-state index in [9.17, 15) is 9.18 Å². The van der Waals surface area contributed by atoms with Crippen molar-refractivity contribution in [2.24, 2.45) is 0 Å². The van der Waals surface area contributed by atoms with Crippen LogP contribution in [0.3, 0.4) is 0 Å². The largest absolute Gasteiger partial charge is 0.368 e. The van der Waals surface area contributed by atoms with E-state index in [1.54, 1.807) is 12.1 Å². The number of nitrogens with zero attached hydrogens (tertiary/aromatic N) is 5. The Bertz CT molecular complexity index is 1040. The highest BCUT2D eigenvalue weighted by Gasteiger charge is 2.22. The van der Waals surface area contributed by atoms with Crippen LogP contribution in [0.4, 0.5) is 10.1 Å². The Morgan fingerprint density at radius 3 is 2.48 bits per heavy atom. The zero-order chi connectivity index (χ0) is 21.8. The molecule has 4 rings (SSSR count). The standard InChI is InChI=1S/C23H26FN5OS/c1-3-29-22(18-6-4-5-17(2)15-18)25-26-23(29)31-16-21(30)28-13-11-27(12-14-28)20-9-7-19(24)8-10-20/h4-10,15H,3,11-14,16H2,1-2H3. The van der Waals surface area contributed by atoms with E-state index in [1.165, 1.54) is 29.5 Å². The number of piperazine rings is 1. The molecule has 0 N–H and O–H groups in total. The minimum Gasteiger partial charge on any atom is -0.368 e. The van der Waals surface area contributed by atoms with Gasteiger partial charge in [0.2, 0.25) is 5.91 Å². The summed E-state index contributed by atoms with van der Waals surface area (Å²) in [5, 5.41) is 9.47. The highest BCUT2D eigenvalue weighted by atomic mass is 32.2. The minimum atomic E-state index is -0.236. The molecule has 0 atom stereocenters. The summed E-state index contributed by atoms with van der Waals surface area (Å²) in [5.74, 6) is 1.03. The lowest BCUT2D eigenvalue weighted by molar-refractivity contribution is -0.128. The van der Waals surface area contributed by atoms with Crippen molar-refractivity contribution in [1.29, 1.82) is 0 Å². The first-order valence-corrected chi connectivity index (χ1v) is 11.4. The topological polar surface area (TPSA) is 54.3 Å². The van der Waals surface area contributed by atoms with Crippen molar-refractivity contribution >= 4 is 23.4 Å². The van der Waals surface area contributed by atoms with E-state index < -0.39 is 0 Å². The summed E-state index contributed by atoms with van der Waals surface area (Å²) in [4.78, 5) is 16.8. The minimum absolute atomic E-state index is 0.103. The first-order chi connectivity index (χ1) is 15.0. The van der Waals surface area contributed by atoms with Gasteiger partial charge in [-0.1, -0.05) is 35.5 Å². The highest BCUT2D eigenvalue weighted by molar-refractivity contribution is 7.99. The van der Waals surface area contributed by atoms with Gasteiger partial charge in [0.15, 0.2) is 11.0 Å². The van der Waals surface area contributed by atoms with Crippen molar-refractivity contribution in [2.45, 2.75) is 25.5 Å². The quantitative estimate of drug-likeness (QED) is 0.546. The number of thioether (sulfide) groups is 1. The van der Waals surface area contributed by atoms with E-state index in [1.807, 2.05) is 17.0 Å². The molecule has 0 saturated carbocycles. The van der Waals surface area contributed by atoms with Crippen LogP contribution in [0.15, 0.2) is 53.7 Å². The summed E-state index contributed by atoms with van der Waals surface area (Å²) in [6, 6.07) is 14.7. The van der Waals surface area contributed by atoms with Gasteiger partial charge in [0.05, 0.1) is 5.75 Å². The summed E-state index contributed by atoms with van der Waals surface area (Å²) >= 11 is 1.43. The van der Waals surface area contributed by atoms with Gasteiger partial charge in [-0.3, -0.25) is 4.79 Å². The molecule has 1 amide bonds. The van der Waals surface area contributed by atoms with E-state index in [0.717, 1.165) is 41.9 Å². The number of benzene rings is 2. The summed E-state index contributed by atoms with van der Waals surface area (Å²) in [7, 11) is 0. The number of carbonyl (C=O) groups excluding carboxylic acids is 1. The summed E-state index contributed by atoms with van der Waals surface area (Å²) in [6.07, 6.45) is 0. The second kappa shape index (κ2) is 9.51. The Kier molecular flexibility index (Phi) is 6.56. The number of hydrogen-bond acceptors (Lipinski definition) is 5. The third-order valence-corrected chi connectivity index (χ3v) is 6.41. The Morgan fingerprint density at radius 2 is 1.81 bits per heavy atom. The normalized spacial score (nSPS) is 14.2. The first-order valence-electron chi connectivity index (χ1n) is 10.5. The molecule has 1 aliphatic rings. The molecule has 162 valence electrons. The van der Waals surface area contributed by atoms with E-state index in [2.05, 4.69) is 45.6 Å². The van der Waals surface area contributed by atoms with Gasteiger partial charge in [-0.15, -0.1) is 10.2 Å². The van der Waals surface area contributed by atoms with Crippen molar-refractivity contribution in [3.8, 4) is 11.4 Å². The van der Waals surface area contributed by atoms with Crippen LogP contribution in [-0.4, -0.2) is 57.5 Å². The third kappa shape index (κ3) is 4.90. The molecule has 3 aromatic rings. The zero-order valence-electron chi connectivity index (χ0n) is 17.8. The zero-order valence-corrected chi connectivity index (χ0v) is 18.6. The predicted octanol–water partition coefficient (Wildman–Crippen LogP) is 3.85. The molecular formula is C23H26FN5OS. The molecule has 0 aliphatic carbocycles. The van der Waals surface area contributed by atoms with Gasteiger partial charge in [-0.05, 0) is 44.2 Å². The summed E-state index contributed by atoms with van der Waals surface area (Å²) < 4.78 is 15.2. The molecule has 2 aromatic carbocycles. The van der Waals surface area contributed by atoms with Crippen molar-refractivity contribution in [1.82, 2.24) is 19.7 Å². The van der Waals surface area contributed by atoms with Crippen LogP contribution in [0.1, 0.15) is 12.5 Å². The number of aryl methyl sites for hydroxylation is 1. The molecule has 31 heavy (non-hydrogen) atoms.